The summed E-state index contributed by atoms with van der Waals surface area (Å²) in [6.07, 6.45) is 0. The fourth-order valence-electron chi connectivity index (χ4n) is 17.3. The van der Waals surface area contributed by atoms with Gasteiger partial charge in [0.15, 0.2) is 0 Å². The van der Waals surface area contributed by atoms with E-state index in [0.29, 0.717) is 0 Å². The Hall–Kier alpha value is -10.9. The molecule has 2 aliphatic heterocycles. The average molecular weight is 1340 g/mol. The minimum Gasteiger partial charge on any atom is -0.310 e. The second kappa shape index (κ2) is 23.3. The standard InChI is InChI=1S/C100H90BN3/c1-96(2,3)69-50-68(51-70(53-69)97(4,5)6)67-42-46-81-85(52-67)103(94-77(61-30-20-16-21-31-61)54-71(98(7,8)9)55-78(94)62-32-22-17-23-33-62)87-58-73(100(13,14)15)59-88-93(87)101(81)82-47-45-74(102-83-48-43-65-38-28-40-75-76-41-29-39-66-44-49-84(102)92(90(66)76)91(83)89(65)75)60-86(82)104(88)95-79(63-34-24-18-25-35-63)56-72(99(10,11)12)57-80(95)64-36-26-19-27-37-64/h16-60H,1-15H3. The van der Waals surface area contributed by atoms with Crippen LogP contribution in [0.5, 0.6) is 0 Å². The highest BCUT2D eigenvalue weighted by Crippen LogP contribution is 2.57. The molecule has 0 unspecified atom stereocenters. The van der Waals surface area contributed by atoms with Gasteiger partial charge in [-0.25, -0.2) is 0 Å². The Kier molecular flexibility index (Phi) is 14.6. The highest BCUT2D eigenvalue weighted by Gasteiger charge is 2.47. The van der Waals surface area contributed by atoms with Crippen LogP contribution in [0.1, 0.15) is 132 Å². The second-order valence-corrected chi connectivity index (χ2v) is 35.0. The Morgan fingerprint density at radius 3 is 0.990 bits per heavy atom. The second-order valence-electron chi connectivity index (χ2n) is 35.0. The molecule has 1 aromatic heterocycles. The van der Waals surface area contributed by atoms with E-state index in [1.807, 2.05) is 0 Å². The van der Waals surface area contributed by atoms with Gasteiger partial charge in [0.1, 0.15) is 0 Å². The maximum absolute atomic E-state index is 2.76. The Balaban J connectivity index is 1.03. The van der Waals surface area contributed by atoms with Crippen LogP contribution in [0.25, 0.3) is 115 Å². The molecule has 3 heterocycles. The summed E-state index contributed by atoms with van der Waals surface area (Å²) in [6, 6.07) is 106. The molecule has 0 amide bonds. The predicted octanol–water partition coefficient (Wildman–Crippen LogP) is 26.0. The Bertz CT molecular complexity index is 5840. The van der Waals surface area contributed by atoms with Gasteiger partial charge in [0.2, 0.25) is 0 Å². The molecular formula is C100H90BN3. The van der Waals surface area contributed by atoms with Crippen molar-refractivity contribution in [3.05, 3.63) is 301 Å². The van der Waals surface area contributed by atoms with Crippen molar-refractivity contribution in [3.63, 3.8) is 0 Å². The number of rotatable bonds is 8. The first-order chi connectivity index (χ1) is 49.8. The first-order valence-electron chi connectivity index (χ1n) is 37.5. The van der Waals surface area contributed by atoms with E-state index in [0.717, 1.165) is 22.7 Å². The average Bonchev–Trinajstić information content (AvgIpc) is 0.891. The van der Waals surface area contributed by atoms with Crippen molar-refractivity contribution >= 4 is 111 Å². The zero-order chi connectivity index (χ0) is 71.8. The van der Waals surface area contributed by atoms with Crippen LogP contribution in [0.15, 0.2) is 273 Å². The van der Waals surface area contributed by atoms with Gasteiger partial charge in [-0.1, -0.05) is 310 Å². The number of hydrogen-bond acceptors (Lipinski definition) is 2. The summed E-state index contributed by atoms with van der Waals surface area (Å²) in [6.45, 7) is 35.4. The van der Waals surface area contributed by atoms with Gasteiger partial charge in [-0.15, -0.1) is 0 Å². The molecular weight excluding hydrogens is 1250 g/mol. The van der Waals surface area contributed by atoms with Crippen molar-refractivity contribution in [2.45, 2.75) is 131 Å². The zero-order valence-electron chi connectivity index (χ0n) is 62.9. The molecule has 104 heavy (non-hydrogen) atoms. The van der Waals surface area contributed by atoms with Crippen LogP contribution >= 0.6 is 0 Å². The van der Waals surface area contributed by atoms with Gasteiger partial charge in [-0.2, -0.15) is 0 Å². The van der Waals surface area contributed by atoms with Gasteiger partial charge in [0.25, 0.3) is 6.71 Å². The topological polar surface area (TPSA) is 11.4 Å². The van der Waals surface area contributed by atoms with Gasteiger partial charge in [-0.05, 0) is 204 Å². The van der Waals surface area contributed by atoms with Crippen molar-refractivity contribution < 1.29 is 0 Å². The van der Waals surface area contributed by atoms with E-state index < -0.39 is 0 Å². The molecule has 4 heteroatoms. The quantitative estimate of drug-likeness (QED) is 0.0853. The molecule has 0 aliphatic carbocycles. The Morgan fingerprint density at radius 1 is 0.250 bits per heavy atom. The number of anilines is 6. The highest BCUT2D eigenvalue weighted by atomic mass is 15.2. The summed E-state index contributed by atoms with van der Waals surface area (Å²) in [5.74, 6) is 0. The van der Waals surface area contributed by atoms with Gasteiger partial charge in [-0.3, -0.25) is 0 Å². The van der Waals surface area contributed by atoms with Crippen molar-refractivity contribution in [2.24, 2.45) is 0 Å². The molecule has 0 fully saturated rings. The number of hydrogen-bond donors (Lipinski definition) is 0. The summed E-state index contributed by atoms with van der Waals surface area (Å²) in [4.78, 5) is 5.52. The Morgan fingerprint density at radius 2 is 0.606 bits per heavy atom. The van der Waals surface area contributed by atoms with E-state index in [-0.39, 0.29) is 33.8 Å². The monoisotopic (exact) mass is 1340 g/mol. The molecule has 508 valence electrons. The van der Waals surface area contributed by atoms with Gasteiger partial charge in [0.05, 0.1) is 22.4 Å². The molecule has 0 saturated carbocycles. The lowest BCUT2D eigenvalue weighted by Gasteiger charge is -2.47. The van der Waals surface area contributed by atoms with E-state index >= 15 is 0 Å². The van der Waals surface area contributed by atoms with Crippen LogP contribution < -0.4 is 26.2 Å². The zero-order valence-corrected chi connectivity index (χ0v) is 62.9. The summed E-state index contributed by atoms with van der Waals surface area (Å²) >= 11 is 0. The van der Waals surface area contributed by atoms with Crippen LogP contribution in [0.4, 0.5) is 34.1 Å². The van der Waals surface area contributed by atoms with Crippen LogP contribution in [0.2, 0.25) is 0 Å². The molecule has 16 aromatic rings. The molecule has 2 aliphatic rings. The molecule has 3 nitrogen and oxygen atoms in total. The predicted molar refractivity (Wildman–Crippen MR) is 450 cm³/mol. The third kappa shape index (κ3) is 10.4. The molecule has 0 radical (unpaired) electrons. The van der Waals surface area contributed by atoms with E-state index in [1.165, 1.54) is 171 Å². The summed E-state index contributed by atoms with van der Waals surface area (Å²) in [5.41, 5.74) is 31.8. The largest absolute Gasteiger partial charge is 0.310 e. The van der Waals surface area contributed by atoms with Crippen LogP contribution in [-0.2, 0) is 27.1 Å². The van der Waals surface area contributed by atoms with Crippen molar-refractivity contribution in [1.82, 2.24) is 4.57 Å². The SMILES string of the molecule is CC(C)(C)c1cc(-c2ccc3c(c2)N(c2c(-c4ccccc4)cc(C(C)(C)C)cc2-c2ccccc2)c2cc(C(C)(C)C)cc4c2B3c2ccc(-n3c5ccc6cccc7c8cccc9ccc3c(c98)c5c67)cc2N4c2c(-c3ccccc3)cc(C(C)(C)C)cc2-c2ccccc2)cc(C(C)(C)C)c1. The molecule has 0 bridgehead atoms. The first-order valence-corrected chi connectivity index (χ1v) is 37.5. The van der Waals surface area contributed by atoms with Crippen LogP contribution in [0, 0.1) is 0 Å². The van der Waals surface area contributed by atoms with Crippen molar-refractivity contribution in [3.8, 4) is 61.3 Å². The number of nitrogens with zero attached hydrogens (tertiary/aromatic N) is 3. The summed E-state index contributed by atoms with van der Waals surface area (Å²) in [7, 11) is 0. The van der Waals surface area contributed by atoms with E-state index in [4.69, 9.17) is 0 Å². The molecule has 15 aromatic carbocycles. The Labute approximate surface area is 614 Å². The highest BCUT2D eigenvalue weighted by molar-refractivity contribution is 7.00. The van der Waals surface area contributed by atoms with E-state index in [9.17, 15) is 0 Å². The lowest BCUT2D eigenvalue weighted by atomic mass is 9.33. The minimum absolute atomic E-state index is 0.0911. The lowest BCUT2D eigenvalue weighted by molar-refractivity contribution is 0.569. The summed E-state index contributed by atoms with van der Waals surface area (Å²) in [5, 5.41) is 10.4. The molecule has 0 saturated heterocycles. The fourth-order valence-corrected chi connectivity index (χ4v) is 17.3. The normalized spacial score (nSPS) is 13.5. The molecule has 18 rings (SSSR count). The molecule has 0 spiro atoms. The smallest absolute Gasteiger partial charge is 0.252 e. The maximum atomic E-state index is 2.76. The van der Waals surface area contributed by atoms with Crippen LogP contribution in [-0.4, -0.2) is 11.3 Å². The number of aromatic nitrogens is 1. The third-order valence-corrected chi connectivity index (χ3v) is 23.0. The molecule has 0 atom stereocenters. The first kappa shape index (κ1) is 65.1. The van der Waals surface area contributed by atoms with Crippen molar-refractivity contribution in [2.75, 3.05) is 9.80 Å². The van der Waals surface area contributed by atoms with Crippen molar-refractivity contribution in [1.29, 1.82) is 0 Å². The number of benzene rings is 15. The van der Waals surface area contributed by atoms with Gasteiger partial charge < -0.3 is 14.4 Å². The number of fused-ring (bicyclic) bond motifs is 5. The lowest BCUT2D eigenvalue weighted by Crippen LogP contribution is -2.61. The van der Waals surface area contributed by atoms with E-state index in [2.05, 4.69) is 391 Å². The maximum Gasteiger partial charge on any atom is 0.252 e. The minimum atomic E-state index is -0.320. The van der Waals surface area contributed by atoms with E-state index in [1.54, 1.807) is 0 Å². The van der Waals surface area contributed by atoms with Gasteiger partial charge in [0, 0.05) is 61.5 Å². The molecule has 0 N–H and O–H groups in total. The fraction of sp³-hybridized carbons (Fsp3) is 0.200. The summed E-state index contributed by atoms with van der Waals surface area (Å²) < 4.78 is 2.60. The third-order valence-electron chi connectivity index (χ3n) is 23.0. The van der Waals surface area contributed by atoms with Crippen LogP contribution in [0.3, 0.4) is 0 Å². The van der Waals surface area contributed by atoms with Gasteiger partial charge >= 0.3 is 0 Å².